The molecule has 0 saturated heterocycles. The number of ether oxygens (including phenoxy) is 2. The van der Waals surface area contributed by atoms with Gasteiger partial charge < -0.3 is 20.1 Å². The molecule has 0 spiro atoms. The number of anilines is 1. The van der Waals surface area contributed by atoms with Crippen molar-refractivity contribution >= 4 is 5.69 Å². The summed E-state index contributed by atoms with van der Waals surface area (Å²) in [4.78, 5) is 2.21. The number of methoxy groups -OCH3 is 2. The Hall–Kier alpha value is -1.42. The van der Waals surface area contributed by atoms with Crippen molar-refractivity contribution in [3.63, 3.8) is 0 Å². The minimum absolute atomic E-state index is 0.378. The lowest BCUT2D eigenvalue weighted by molar-refractivity contribution is 0.391. The Labute approximate surface area is 102 Å². The zero-order valence-corrected chi connectivity index (χ0v) is 10.7. The smallest absolute Gasteiger partial charge is 0.142 e. The Kier molecular flexibility index (Phi) is 3.43. The standard InChI is InChI=1S/C13H20N2O2/c1-15-9(8-14)4-5-10-11(16-2)6-7-12(17-3)13(10)15/h6-7,9H,4-5,8,14H2,1-3H3. The highest BCUT2D eigenvalue weighted by molar-refractivity contribution is 5.69. The number of benzene rings is 1. The number of hydrogen-bond donors (Lipinski definition) is 1. The van der Waals surface area contributed by atoms with Crippen LogP contribution in [-0.2, 0) is 6.42 Å². The molecule has 1 aromatic rings. The summed E-state index contributed by atoms with van der Waals surface area (Å²) in [5.74, 6) is 1.82. The summed E-state index contributed by atoms with van der Waals surface area (Å²) in [6.45, 7) is 0.663. The van der Waals surface area contributed by atoms with Crippen molar-refractivity contribution in [2.45, 2.75) is 18.9 Å². The maximum absolute atomic E-state index is 5.80. The summed E-state index contributed by atoms with van der Waals surface area (Å²) in [6.07, 6.45) is 2.05. The number of fused-ring (bicyclic) bond motifs is 1. The van der Waals surface area contributed by atoms with E-state index in [2.05, 4.69) is 11.9 Å². The fourth-order valence-corrected chi connectivity index (χ4v) is 2.54. The molecule has 4 nitrogen and oxygen atoms in total. The van der Waals surface area contributed by atoms with Crippen molar-refractivity contribution in [1.82, 2.24) is 0 Å². The lowest BCUT2D eigenvalue weighted by Gasteiger charge is -2.36. The second-order valence-electron chi connectivity index (χ2n) is 4.34. The van der Waals surface area contributed by atoms with Crippen molar-refractivity contribution < 1.29 is 9.47 Å². The zero-order chi connectivity index (χ0) is 12.4. The van der Waals surface area contributed by atoms with Crippen LogP contribution in [0, 0.1) is 0 Å². The van der Waals surface area contributed by atoms with E-state index in [9.17, 15) is 0 Å². The van der Waals surface area contributed by atoms with Crippen LogP contribution >= 0.6 is 0 Å². The summed E-state index contributed by atoms with van der Waals surface area (Å²) >= 11 is 0. The van der Waals surface area contributed by atoms with Crippen LogP contribution in [0.2, 0.25) is 0 Å². The van der Waals surface area contributed by atoms with Gasteiger partial charge in [-0.1, -0.05) is 0 Å². The van der Waals surface area contributed by atoms with Gasteiger partial charge in [0.15, 0.2) is 0 Å². The van der Waals surface area contributed by atoms with Gasteiger partial charge in [0.25, 0.3) is 0 Å². The average Bonchev–Trinajstić information content (AvgIpc) is 2.38. The summed E-state index contributed by atoms with van der Waals surface area (Å²) in [5, 5.41) is 0. The lowest BCUT2D eigenvalue weighted by Crippen LogP contribution is -2.41. The molecule has 1 heterocycles. The van der Waals surface area contributed by atoms with Crippen LogP contribution in [-0.4, -0.2) is 33.9 Å². The molecule has 94 valence electrons. The van der Waals surface area contributed by atoms with Crippen molar-refractivity contribution in [3.8, 4) is 11.5 Å². The second-order valence-corrected chi connectivity index (χ2v) is 4.34. The second kappa shape index (κ2) is 4.84. The van der Waals surface area contributed by atoms with Crippen molar-refractivity contribution in [2.75, 3.05) is 32.7 Å². The predicted octanol–water partition coefficient (Wildman–Crippen LogP) is 1.41. The molecule has 1 aliphatic rings. The number of rotatable bonds is 3. The largest absolute Gasteiger partial charge is 0.496 e. The molecule has 0 bridgehead atoms. The number of likely N-dealkylation sites (N-methyl/N-ethyl adjacent to an activating group) is 1. The van der Waals surface area contributed by atoms with E-state index in [4.69, 9.17) is 15.2 Å². The van der Waals surface area contributed by atoms with E-state index in [-0.39, 0.29) is 0 Å². The molecule has 0 aromatic heterocycles. The van der Waals surface area contributed by atoms with Gasteiger partial charge in [-0.15, -0.1) is 0 Å². The van der Waals surface area contributed by atoms with Gasteiger partial charge >= 0.3 is 0 Å². The van der Waals surface area contributed by atoms with Gasteiger partial charge in [-0.3, -0.25) is 0 Å². The third-order valence-electron chi connectivity index (χ3n) is 3.54. The quantitative estimate of drug-likeness (QED) is 0.862. The Morgan fingerprint density at radius 1 is 1.29 bits per heavy atom. The van der Waals surface area contributed by atoms with Gasteiger partial charge in [0.1, 0.15) is 11.5 Å². The summed E-state index contributed by atoms with van der Waals surface area (Å²) < 4.78 is 10.9. The van der Waals surface area contributed by atoms with Crippen LogP contribution in [0.3, 0.4) is 0 Å². The van der Waals surface area contributed by atoms with Crippen LogP contribution in [0.5, 0.6) is 11.5 Å². The first-order valence-corrected chi connectivity index (χ1v) is 5.89. The molecule has 0 saturated carbocycles. The van der Waals surface area contributed by atoms with E-state index in [1.807, 2.05) is 12.1 Å². The molecular formula is C13H20N2O2. The SMILES string of the molecule is COc1ccc(OC)c2c1CCC(CN)N2C. The van der Waals surface area contributed by atoms with Crippen molar-refractivity contribution in [1.29, 1.82) is 0 Å². The average molecular weight is 236 g/mol. The van der Waals surface area contributed by atoms with Crippen LogP contribution in [0.15, 0.2) is 12.1 Å². The molecule has 0 aliphatic carbocycles. The van der Waals surface area contributed by atoms with Crippen LogP contribution in [0.1, 0.15) is 12.0 Å². The zero-order valence-electron chi connectivity index (χ0n) is 10.7. The molecule has 1 atom stereocenters. The van der Waals surface area contributed by atoms with Gasteiger partial charge in [0.2, 0.25) is 0 Å². The summed E-state index contributed by atoms with van der Waals surface area (Å²) in [7, 11) is 5.47. The Morgan fingerprint density at radius 3 is 2.53 bits per heavy atom. The highest BCUT2D eigenvalue weighted by Crippen LogP contribution is 2.42. The first kappa shape index (κ1) is 12.0. The van der Waals surface area contributed by atoms with E-state index in [1.54, 1.807) is 14.2 Å². The van der Waals surface area contributed by atoms with E-state index in [1.165, 1.54) is 5.56 Å². The fourth-order valence-electron chi connectivity index (χ4n) is 2.54. The predicted molar refractivity (Wildman–Crippen MR) is 69.1 cm³/mol. The molecule has 2 rings (SSSR count). The third kappa shape index (κ3) is 1.93. The summed E-state index contributed by atoms with van der Waals surface area (Å²) in [6, 6.07) is 4.30. The minimum Gasteiger partial charge on any atom is -0.496 e. The Morgan fingerprint density at radius 2 is 1.94 bits per heavy atom. The van der Waals surface area contributed by atoms with E-state index in [0.717, 1.165) is 30.0 Å². The monoisotopic (exact) mass is 236 g/mol. The third-order valence-corrected chi connectivity index (χ3v) is 3.54. The van der Waals surface area contributed by atoms with Crippen molar-refractivity contribution in [2.24, 2.45) is 5.73 Å². The minimum atomic E-state index is 0.378. The molecule has 1 aromatic carbocycles. The maximum Gasteiger partial charge on any atom is 0.142 e. The van der Waals surface area contributed by atoms with E-state index < -0.39 is 0 Å². The van der Waals surface area contributed by atoms with Gasteiger partial charge in [0, 0.05) is 25.2 Å². The molecule has 0 radical (unpaired) electrons. The Balaban J connectivity index is 2.52. The van der Waals surface area contributed by atoms with E-state index in [0.29, 0.717) is 12.6 Å². The highest BCUT2D eigenvalue weighted by atomic mass is 16.5. The molecule has 0 amide bonds. The topological polar surface area (TPSA) is 47.7 Å². The van der Waals surface area contributed by atoms with Crippen LogP contribution in [0.4, 0.5) is 5.69 Å². The number of nitrogens with two attached hydrogens (primary N) is 1. The first-order valence-electron chi connectivity index (χ1n) is 5.89. The van der Waals surface area contributed by atoms with E-state index >= 15 is 0 Å². The first-order chi connectivity index (χ1) is 8.22. The Bertz CT molecular complexity index is 407. The van der Waals surface area contributed by atoms with Gasteiger partial charge in [-0.25, -0.2) is 0 Å². The number of hydrogen-bond acceptors (Lipinski definition) is 4. The molecule has 1 aliphatic heterocycles. The number of nitrogens with zero attached hydrogens (tertiary/aromatic N) is 1. The van der Waals surface area contributed by atoms with Crippen molar-refractivity contribution in [3.05, 3.63) is 17.7 Å². The van der Waals surface area contributed by atoms with Gasteiger partial charge in [-0.2, -0.15) is 0 Å². The fraction of sp³-hybridized carbons (Fsp3) is 0.538. The maximum atomic E-state index is 5.80. The van der Waals surface area contributed by atoms with Crippen LogP contribution < -0.4 is 20.1 Å². The molecule has 0 fully saturated rings. The normalized spacial score (nSPS) is 18.8. The molecular weight excluding hydrogens is 216 g/mol. The molecule has 1 unspecified atom stereocenters. The molecule has 2 N–H and O–H groups in total. The highest BCUT2D eigenvalue weighted by Gasteiger charge is 2.27. The summed E-state index contributed by atoms with van der Waals surface area (Å²) in [5.41, 5.74) is 8.14. The van der Waals surface area contributed by atoms with Crippen LogP contribution in [0.25, 0.3) is 0 Å². The van der Waals surface area contributed by atoms with Gasteiger partial charge in [0.05, 0.1) is 19.9 Å². The molecule has 4 heteroatoms. The lowest BCUT2D eigenvalue weighted by atomic mass is 9.95. The molecule has 17 heavy (non-hydrogen) atoms. The van der Waals surface area contributed by atoms with Gasteiger partial charge in [-0.05, 0) is 25.0 Å².